The van der Waals surface area contributed by atoms with Crippen molar-refractivity contribution >= 4 is 29.8 Å². The number of carboxylic acids is 3. The molecule has 1 aliphatic carbocycles. The zero-order valence-corrected chi connectivity index (χ0v) is 34.4. The van der Waals surface area contributed by atoms with Crippen molar-refractivity contribution in [1.29, 1.82) is 0 Å². The summed E-state index contributed by atoms with van der Waals surface area (Å²) in [6.45, 7) is 14.9. The Bertz CT molecular complexity index is 2240. The molecule has 3 aliphatic heterocycles. The molecule has 1 fully saturated rings. The summed E-state index contributed by atoms with van der Waals surface area (Å²) in [6.07, 6.45) is 13.1. The molecule has 0 radical (unpaired) electrons. The van der Waals surface area contributed by atoms with Gasteiger partial charge in [-0.2, -0.15) is 0 Å². The molecule has 4 aliphatic rings. The van der Waals surface area contributed by atoms with E-state index in [1.54, 1.807) is 26.0 Å². The largest absolute Gasteiger partial charge is 0.506 e. The first kappa shape index (κ1) is 44.1. The molecule has 0 amide bonds. The van der Waals surface area contributed by atoms with Crippen molar-refractivity contribution in [3.05, 3.63) is 87.1 Å². The monoisotopic (exact) mass is 816 g/mol. The van der Waals surface area contributed by atoms with Crippen molar-refractivity contribution in [1.82, 2.24) is 0 Å². The van der Waals surface area contributed by atoms with Crippen molar-refractivity contribution in [3.63, 3.8) is 0 Å². The Kier molecular flexibility index (Phi) is 11.9. The van der Waals surface area contributed by atoms with Gasteiger partial charge in [-0.25, -0.2) is 14.4 Å². The van der Waals surface area contributed by atoms with Gasteiger partial charge >= 0.3 is 17.9 Å². The fourth-order valence-corrected chi connectivity index (χ4v) is 8.39. The molecule has 4 atom stereocenters. The lowest BCUT2D eigenvalue weighted by molar-refractivity contribution is -0.184. The molecule has 14 heteroatoms. The van der Waals surface area contributed by atoms with E-state index in [9.17, 15) is 34.5 Å². The number of benzene rings is 2. The second-order valence-corrected chi connectivity index (χ2v) is 16.6. The number of ketones is 1. The number of aromatic carboxylic acids is 1. The van der Waals surface area contributed by atoms with Gasteiger partial charge in [-0.1, -0.05) is 35.5 Å². The van der Waals surface area contributed by atoms with Gasteiger partial charge in [0, 0.05) is 29.0 Å². The van der Waals surface area contributed by atoms with E-state index in [2.05, 4.69) is 6.08 Å². The van der Waals surface area contributed by atoms with Gasteiger partial charge in [-0.05, 0) is 112 Å². The number of rotatable bonds is 10. The van der Waals surface area contributed by atoms with Crippen LogP contribution in [0.25, 0.3) is 6.08 Å². The molecule has 4 unspecified atom stereocenters. The molecule has 0 saturated carbocycles. The zero-order valence-electron chi connectivity index (χ0n) is 34.4. The maximum atomic E-state index is 14.7. The van der Waals surface area contributed by atoms with Gasteiger partial charge in [0.15, 0.2) is 28.6 Å². The number of hydrogen-bond donors (Lipinski definition) is 7. The number of allylic oxidation sites excluding steroid dienone is 5. The van der Waals surface area contributed by atoms with Crippen LogP contribution in [0.4, 0.5) is 0 Å². The Balaban J connectivity index is 0.000000473. The fourth-order valence-electron chi connectivity index (χ4n) is 8.39. The van der Waals surface area contributed by atoms with Crippen LogP contribution in [0.1, 0.15) is 119 Å². The van der Waals surface area contributed by atoms with Gasteiger partial charge in [-0.3, -0.25) is 4.79 Å². The third-order valence-electron chi connectivity index (χ3n) is 11.4. The number of Topliss-reactive ketones (excluding diaryl/α,β-unsaturated/α-hetero) is 1. The normalized spacial score (nSPS) is 24.6. The van der Waals surface area contributed by atoms with Crippen molar-refractivity contribution in [2.45, 2.75) is 116 Å². The minimum atomic E-state index is -2.16. The lowest BCUT2D eigenvalue weighted by atomic mass is 9.60. The molecule has 59 heavy (non-hydrogen) atoms. The molecular formula is C45H52O14. The first-order valence-corrected chi connectivity index (χ1v) is 19.3. The number of carboxylic acid groups (broad SMARTS) is 3. The Morgan fingerprint density at radius 3 is 2.03 bits per heavy atom. The van der Waals surface area contributed by atoms with E-state index in [1.807, 2.05) is 46.8 Å². The van der Waals surface area contributed by atoms with Crippen LogP contribution in [0.15, 0.2) is 64.8 Å². The first-order valence-electron chi connectivity index (χ1n) is 19.3. The van der Waals surface area contributed by atoms with Crippen LogP contribution in [-0.4, -0.2) is 81.8 Å². The zero-order chi connectivity index (χ0) is 44.0. The number of aliphatic carboxylic acids is 2. The van der Waals surface area contributed by atoms with E-state index < -0.39 is 69.3 Å². The van der Waals surface area contributed by atoms with Crippen LogP contribution in [0.3, 0.4) is 0 Å². The lowest BCUT2D eigenvalue weighted by Gasteiger charge is -2.50. The van der Waals surface area contributed by atoms with Crippen molar-refractivity contribution in [3.8, 4) is 34.5 Å². The van der Waals surface area contributed by atoms with E-state index in [-0.39, 0.29) is 40.2 Å². The molecule has 14 nitrogen and oxygen atoms in total. The van der Waals surface area contributed by atoms with Crippen LogP contribution in [-0.2, 0) is 20.7 Å². The van der Waals surface area contributed by atoms with Crippen LogP contribution >= 0.6 is 0 Å². The summed E-state index contributed by atoms with van der Waals surface area (Å²) < 4.78 is 20.2. The number of fused-ring (bicyclic) bond motifs is 2. The standard InChI is InChI=1S/C38H46O9.C7H6O5/c1-21(2)11-10-18-36(8)19-17-24-29(39)28-30(40)26-12-9-13-27-35(6,7)47-37(34(43)44,20-16-23(5)33(41)42)38(26,27)46-32(28)25(31(24)45-36)15-14-22(3)4;8-4-1-3(7(11)12)2-5(9)6(4)10/h11-12,14,16-17,19,27,39H,9-10,13,15,18,20H2,1-8H3,(H,41,42)(H,43,44);1-2,8-10H,(H,11,12). The summed E-state index contributed by atoms with van der Waals surface area (Å²) in [5, 5.41) is 67.4. The number of carbonyl (C=O) groups is 4. The quantitative estimate of drug-likeness (QED) is 0.0683. The van der Waals surface area contributed by atoms with Gasteiger partial charge in [0.1, 0.15) is 28.4 Å². The van der Waals surface area contributed by atoms with Crippen LogP contribution in [0.5, 0.6) is 34.5 Å². The SMILES string of the molecule is CC(C)=CCCC1(C)C=Cc2c(O)c3c(c(CC=C(C)C)c2O1)OC12C(=CCCC1C(C)(C)OC2(CC=C(C)C(=O)O)C(=O)O)C3=O.O=C(O)c1cc(O)c(O)c(O)c1. The van der Waals surface area contributed by atoms with Crippen LogP contribution in [0, 0.1) is 5.92 Å². The fraction of sp³-hybridized carbons (Fsp3) is 0.422. The molecule has 2 aromatic carbocycles. The second-order valence-electron chi connectivity index (χ2n) is 16.6. The molecule has 2 aromatic rings. The minimum absolute atomic E-state index is 0.0407. The maximum absolute atomic E-state index is 14.7. The highest BCUT2D eigenvalue weighted by Gasteiger charge is 2.77. The Morgan fingerprint density at radius 1 is 0.847 bits per heavy atom. The molecule has 1 saturated heterocycles. The van der Waals surface area contributed by atoms with E-state index in [0.717, 1.165) is 24.1 Å². The smallest absolute Gasteiger partial charge is 0.340 e. The third kappa shape index (κ3) is 7.81. The first-order chi connectivity index (χ1) is 27.4. The van der Waals surface area contributed by atoms with Gasteiger partial charge in [-0.15, -0.1) is 0 Å². The number of aromatic hydroxyl groups is 4. The summed E-state index contributed by atoms with van der Waals surface area (Å²) in [7, 11) is 0. The molecule has 0 aromatic heterocycles. The highest BCUT2D eigenvalue weighted by Crippen LogP contribution is 2.64. The van der Waals surface area contributed by atoms with Crippen LogP contribution < -0.4 is 9.47 Å². The number of carbonyl (C=O) groups excluding carboxylic acids is 1. The topological polar surface area (TPSA) is 238 Å². The summed E-state index contributed by atoms with van der Waals surface area (Å²) in [4.78, 5) is 50.4. The van der Waals surface area contributed by atoms with E-state index in [0.29, 0.717) is 42.6 Å². The predicted octanol–water partition coefficient (Wildman–Crippen LogP) is 8.02. The Morgan fingerprint density at radius 2 is 1.47 bits per heavy atom. The number of hydrogen-bond acceptors (Lipinski definition) is 11. The van der Waals surface area contributed by atoms with Crippen molar-refractivity contribution in [2.24, 2.45) is 5.92 Å². The highest BCUT2D eigenvalue weighted by atomic mass is 16.6. The predicted molar refractivity (Wildman–Crippen MR) is 216 cm³/mol. The number of ether oxygens (including phenoxy) is 3. The Labute approximate surface area is 342 Å². The van der Waals surface area contributed by atoms with E-state index in [4.69, 9.17) is 34.6 Å². The van der Waals surface area contributed by atoms with E-state index >= 15 is 0 Å². The highest BCUT2D eigenvalue weighted by molar-refractivity contribution is 6.17. The summed E-state index contributed by atoms with van der Waals surface area (Å²) in [5.74, 6) is -6.86. The number of phenols is 4. The minimum Gasteiger partial charge on any atom is -0.506 e. The van der Waals surface area contributed by atoms with Gasteiger partial charge < -0.3 is 50.0 Å². The molecular weight excluding hydrogens is 764 g/mol. The average molecular weight is 817 g/mol. The van der Waals surface area contributed by atoms with Crippen molar-refractivity contribution < 1.29 is 69.1 Å². The molecule has 3 heterocycles. The lowest BCUT2D eigenvalue weighted by Crippen LogP contribution is -2.66. The third-order valence-corrected chi connectivity index (χ3v) is 11.4. The van der Waals surface area contributed by atoms with E-state index in [1.165, 1.54) is 18.6 Å². The molecule has 6 rings (SSSR count). The second kappa shape index (κ2) is 16.0. The maximum Gasteiger partial charge on any atom is 0.340 e. The summed E-state index contributed by atoms with van der Waals surface area (Å²) in [5.41, 5.74) is -2.96. The average Bonchev–Trinajstić information content (AvgIpc) is 3.35. The van der Waals surface area contributed by atoms with Gasteiger partial charge in [0.05, 0.1) is 16.7 Å². The van der Waals surface area contributed by atoms with Crippen molar-refractivity contribution in [2.75, 3.05) is 0 Å². The van der Waals surface area contributed by atoms with Gasteiger partial charge in [0.25, 0.3) is 0 Å². The summed E-state index contributed by atoms with van der Waals surface area (Å²) >= 11 is 0. The number of phenolic OH excluding ortho intramolecular Hbond substituents is 4. The van der Waals surface area contributed by atoms with Crippen LogP contribution in [0.2, 0.25) is 0 Å². The Hall–Kier alpha value is -6.02. The molecule has 316 valence electrons. The summed E-state index contributed by atoms with van der Waals surface area (Å²) in [6, 6.07) is 1.69. The van der Waals surface area contributed by atoms with Gasteiger partial charge in [0.2, 0.25) is 5.60 Å². The molecule has 0 bridgehead atoms. The molecule has 7 N–H and O–H groups in total. The molecule has 1 spiro atoms.